The zero-order valence-corrected chi connectivity index (χ0v) is 17.9. The fourth-order valence-electron chi connectivity index (χ4n) is 3.72. The van der Waals surface area contributed by atoms with Crippen LogP contribution in [0.25, 0.3) is 0 Å². The molecule has 168 valence electrons. The summed E-state index contributed by atoms with van der Waals surface area (Å²) in [5.41, 5.74) is 1.59. The topological polar surface area (TPSA) is 79.0 Å². The zero-order valence-electron chi connectivity index (χ0n) is 17.9. The van der Waals surface area contributed by atoms with E-state index in [0.717, 1.165) is 10.5 Å². The van der Waals surface area contributed by atoms with Crippen molar-refractivity contribution in [2.24, 2.45) is 0 Å². The van der Waals surface area contributed by atoms with Gasteiger partial charge in [0.15, 0.2) is 0 Å². The number of carbonyl (C=O) groups is 3. The number of halogens is 1. The van der Waals surface area contributed by atoms with Crippen molar-refractivity contribution in [3.05, 3.63) is 90.2 Å². The average molecular weight is 447 g/mol. The SMILES string of the molecule is COc1cccc(CN2C(=O)N(c3ccccc3)C(=O)[C@H]2CC(=O)Nc2ccc(F)cc2)c1. The van der Waals surface area contributed by atoms with Gasteiger partial charge in [0.05, 0.1) is 19.2 Å². The molecule has 1 atom stereocenters. The molecule has 1 saturated heterocycles. The van der Waals surface area contributed by atoms with E-state index in [1.807, 2.05) is 6.07 Å². The van der Waals surface area contributed by atoms with Crippen LogP contribution in [0.3, 0.4) is 0 Å². The predicted octanol–water partition coefficient (Wildman–Crippen LogP) is 4.20. The normalized spacial score (nSPS) is 15.6. The smallest absolute Gasteiger partial charge is 0.332 e. The number of anilines is 2. The van der Waals surface area contributed by atoms with Crippen molar-refractivity contribution in [1.82, 2.24) is 4.90 Å². The highest BCUT2D eigenvalue weighted by atomic mass is 19.1. The molecular formula is C25H22FN3O4. The minimum absolute atomic E-state index is 0.125. The Labute approximate surface area is 190 Å². The number of ether oxygens (including phenoxy) is 1. The number of nitrogens with one attached hydrogen (secondary N) is 1. The summed E-state index contributed by atoms with van der Waals surface area (Å²) in [7, 11) is 1.55. The largest absolute Gasteiger partial charge is 0.497 e. The Bertz CT molecular complexity index is 1170. The Morgan fingerprint density at radius 3 is 2.42 bits per heavy atom. The maximum Gasteiger partial charge on any atom is 0.332 e. The van der Waals surface area contributed by atoms with Crippen LogP contribution >= 0.6 is 0 Å². The van der Waals surface area contributed by atoms with Gasteiger partial charge in [-0.25, -0.2) is 14.1 Å². The van der Waals surface area contributed by atoms with E-state index in [0.29, 0.717) is 17.1 Å². The van der Waals surface area contributed by atoms with Crippen molar-refractivity contribution in [3.63, 3.8) is 0 Å². The van der Waals surface area contributed by atoms with E-state index in [4.69, 9.17) is 4.74 Å². The van der Waals surface area contributed by atoms with Crippen molar-refractivity contribution in [2.45, 2.75) is 19.0 Å². The summed E-state index contributed by atoms with van der Waals surface area (Å²) < 4.78 is 18.4. The molecule has 0 saturated carbocycles. The van der Waals surface area contributed by atoms with Crippen LogP contribution in [0.5, 0.6) is 5.75 Å². The monoisotopic (exact) mass is 447 g/mol. The first kappa shape index (κ1) is 22.0. The van der Waals surface area contributed by atoms with Crippen LogP contribution in [0, 0.1) is 5.82 Å². The summed E-state index contributed by atoms with van der Waals surface area (Å²) in [5, 5.41) is 2.65. The number of nitrogens with zero attached hydrogens (tertiary/aromatic N) is 2. The third kappa shape index (κ3) is 4.85. The molecule has 3 aromatic carbocycles. The number of rotatable bonds is 7. The molecular weight excluding hydrogens is 425 g/mol. The Hall–Kier alpha value is -4.20. The zero-order chi connectivity index (χ0) is 23.4. The predicted molar refractivity (Wildman–Crippen MR) is 121 cm³/mol. The van der Waals surface area contributed by atoms with E-state index in [-0.39, 0.29) is 13.0 Å². The van der Waals surface area contributed by atoms with Gasteiger partial charge in [-0.1, -0.05) is 30.3 Å². The summed E-state index contributed by atoms with van der Waals surface area (Å²) in [6, 6.07) is 19.6. The fraction of sp³-hybridized carbons (Fsp3) is 0.160. The number of hydrogen-bond donors (Lipinski definition) is 1. The van der Waals surface area contributed by atoms with Gasteiger partial charge in [0.2, 0.25) is 5.91 Å². The maximum atomic E-state index is 13.3. The molecule has 0 bridgehead atoms. The summed E-state index contributed by atoms with van der Waals surface area (Å²) in [5.74, 6) is -0.745. The summed E-state index contributed by atoms with van der Waals surface area (Å²) in [6.45, 7) is 0.125. The van der Waals surface area contributed by atoms with E-state index in [1.165, 1.54) is 29.2 Å². The van der Waals surface area contributed by atoms with Crippen LogP contribution in [-0.2, 0) is 16.1 Å². The Morgan fingerprint density at radius 1 is 1.00 bits per heavy atom. The number of imide groups is 1. The molecule has 7 nitrogen and oxygen atoms in total. The fourth-order valence-corrected chi connectivity index (χ4v) is 3.72. The molecule has 0 unspecified atom stereocenters. The van der Waals surface area contributed by atoms with Gasteiger partial charge < -0.3 is 15.0 Å². The summed E-state index contributed by atoms with van der Waals surface area (Å²) in [4.78, 5) is 41.8. The summed E-state index contributed by atoms with van der Waals surface area (Å²) >= 11 is 0. The van der Waals surface area contributed by atoms with Gasteiger partial charge in [-0.3, -0.25) is 9.59 Å². The molecule has 1 aliphatic rings. The minimum Gasteiger partial charge on any atom is -0.497 e. The van der Waals surface area contributed by atoms with Gasteiger partial charge in [0, 0.05) is 12.2 Å². The molecule has 1 aliphatic heterocycles. The quantitative estimate of drug-likeness (QED) is 0.551. The second-order valence-electron chi connectivity index (χ2n) is 7.55. The molecule has 4 amide bonds. The van der Waals surface area contributed by atoms with Crippen LogP contribution in [0.2, 0.25) is 0 Å². The molecule has 0 radical (unpaired) electrons. The Balaban J connectivity index is 1.60. The first-order valence-corrected chi connectivity index (χ1v) is 10.3. The van der Waals surface area contributed by atoms with Crippen LogP contribution in [0.15, 0.2) is 78.9 Å². The molecule has 4 rings (SSSR count). The number of para-hydroxylation sites is 1. The van der Waals surface area contributed by atoms with Crippen molar-refractivity contribution >= 4 is 29.2 Å². The van der Waals surface area contributed by atoms with Crippen molar-refractivity contribution in [2.75, 3.05) is 17.3 Å². The third-order valence-corrected chi connectivity index (χ3v) is 5.33. The van der Waals surface area contributed by atoms with E-state index in [2.05, 4.69) is 5.32 Å². The van der Waals surface area contributed by atoms with Crippen molar-refractivity contribution < 1.29 is 23.5 Å². The lowest BCUT2D eigenvalue weighted by Crippen LogP contribution is -2.37. The van der Waals surface area contributed by atoms with Crippen molar-refractivity contribution in [3.8, 4) is 5.75 Å². The Morgan fingerprint density at radius 2 is 1.73 bits per heavy atom. The Kier molecular flexibility index (Phi) is 6.35. The van der Waals surface area contributed by atoms with Gasteiger partial charge in [-0.05, 0) is 54.1 Å². The van der Waals surface area contributed by atoms with Crippen LogP contribution < -0.4 is 15.0 Å². The lowest BCUT2D eigenvalue weighted by Gasteiger charge is -2.22. The lowest BCUT2D eigenvalue weighted by atomic mass is 10.1. The number of urea groups is 1. The second kappa shape index (κ2) is 9.52. The first-order chi connectivity index (χ1) is 16.0. The van der Waals surface area contributed by atoms with E-state index in [9.17, 15) is 18.8 Å². The molecule has 1 N–H and O–H groups in total. The van der Waals surface area contributed by atoms with Gasteiger partial charge in [0.1, 0.15) is 17.6 Å². The van der Waals surface area contributed by atoms with E-state index < -0.39 is 29.7 Å². The highest BCUT2D eigenvalue weighted by molar-refractivity contribution is 6.22. The minimum atomic E-state index is -0.996. The van der Waals surface area contributed by atoms with Crippen LogP contribution in [0.1, 0.15) is 12.0 Å². The van der Waals surface area contributed by atoms with E-state index >= 15 is 0 Å². The third-order valence-electron chi connectivity index (χ3n) is 5.33. The van der Waals surface area contributed by atoms with Crippen molar-refractivity contribution in [1.29, 1.82) is 0 Å². The average Bonchev–Trinajstić information content (AvgIpc) is 3.05. The molecule has 0 aliphatic carbocycles. The molecule has 1 fully saturated rings. The number of hydrogen-bond acceptors (Lipinski definition) is 4. The van der Waals surface area contributed by atoms with Gasteiger partial charge >= 0.3 is 6.03 Å². The number of benzene rings is 3. The number of carbonyl (C=O) groups excluding carboxylic acids is 3. The molecule has 0 aromatic heterocycles. The van der Waals surface area contributed by atoms with E-state index in [1.54, 1.807) is 55.6 Å². The standard InChI is InChI=1S/C25H22FN3O4/c1-33-21-9-5-6-17(14-21)16-28-22(15-23(30)27-19-12-10-18(26)11-13-19)24(31)29(25(28)32)20-7-3-2-4-8-20/h2-14,22H,15-16H2,1H3,(H,27,30)/t22-/m1/s1. The van der Waals surface area contributed by atoms with Gasteiger partial charge in [-0.2, -0.15) is 0 Å². The maximum absolute atomic E-state index is 13.3. The molecule has 1 heterocycles. The van der Waals surface area contributed by atoms with Crippen LogP contribution in [-0.4, -0.2) is 35.9 Å². The highest BCUT2D eigenvalue weighted by Gasteiger charge is 2.46. The molecule has 3 aromatic rings. The summed E-state index contributed by atoms with van der Waals surface area (Å²) in [6.07, 6.45) is -0.241. The molecule has 33 heavy (non-hydrogen) atoms. The van der Waals surface area contributed by atoms with Gasteiger partial charge in [-0.15, -0.1) is 0 Å². The van der Waals surface area contributed by atoms with Crippen LogP contribution in [0.4, 0.5) is 20.6 Å². The molecule has 8 heteroatoms. The first-order valence-electron chi connectivity index (χ1n) is 10.3. The van der Waals surface area contributed by atoms with Gasteiger partial charge in [0.25, 0.3) is 5.91 Å². The highest BCUT2D eigenvalue weighted by Crippen LogP contribution is 2.29. The lowest BCUT2D eigenvalue weighted by molar-refractivity contribution is -0.124. The second-order valence-corrected chi connectivity index (χ2v) is 7.55. The number of methoxy groups -OCH3 is 1. The number of amides is 4. The molecule has 0 spiro atoms.